The summed E-state index contributed by atoms with van der Waals surface area (Å²) in [4.78, 5) is 2.51. The van der Waals surface area contributed by atoms with Gasteiger partial charge in [-0.2, -0.15) is 0 Å². The number of benzene rings is 5. The lowest BCUT2D eigenvalue weighted by Gasteiger charge is -2.31. The lowest BCUT2D eigenvalue weighted by molar-refractivity contribution is 0.568. The second-order valence-corrected chi connectivity index (χ2v) is 17.1. The first-order valence-corrected chi connectivity index (χ1v) is 20.2. The third-order valence-electron chi connectivity index (χ3n) is 13.2. The Morgan fingerprint density at radius 3 is 2.30 bits per heavy atom. The van der Waals surface area contributed by atoms with Gasteiger partial charge in [-0.15, -0.1) is 0 Å². The molecule has 1 aromatic heterocycles. The lowest BCUT2D eigenvalue weighted by Crippen LogP contribution is -2.20. The maximum Gasteiger partial charge on any atom is 0.137 e. The lowest BCUT2D eigenvalue weighted by atomic mass is 9.76. The Kier molecular flexibility index (Phi) is 7.23. The van der Waals surface area contributed by atoms with E-state index in [1.165, 1.54) is 66.6 Å². The van der Waals surface area contributed by atoms with E-state index >= 15 is 0 Å². The van der Waals surface area contributed by atoms with E-state index in [0.29, 0.717) is 5.92 Å². The molecule has 5 aliphatic carbocycles. The zero-order chi connectivity index (χ0) is 37.8. The third kappa shape index (κ3) is 4.88. The summed E-state index contributed by atoms with van der Waals surface area (Å²) in [6.07, 6.45) is 24.4. The van der Waals surface area contributed by atoms with Crippen molar-refractivity contribution in [2.75, 3.05) is 4.90 Å². The van der Waals surface area contributed by atoms with Crippen molar-refractivity contribution >= 4 is 49.7 Å². The highest BCUT2D eigenvalue weighted by Crippen LogP contribution is 2.55. The van der Waals surface area contributed by atoms with Gasteiger partial charge in [0.25, 0.3) is 0 Å². The van der Waals surface area contributed by atoms with Gasteiger partial charge >= 0.3 is 0 Å². The summed E-state index contributed by atoms with van der Waals surface area (Å²) in [6, 6.07) is 38.0. The van der Waals surface area contributed by atoms with E-state index in [9.17, 15) is 0 Å². The largest absolute Gasteiger partial charge is 0.456 e. The SMILES string of the molecule is CC1(C)C2=CC(c3ccc(N(C4=CC5=C(C=CC4)c4ccccc4C5(C)C)c4cccc5oc6cc7ccccc7cc6c45)cc3)CC=C2C2=C1C=CCC=C2. The average molecular weight is 724 g/mol. The van der Waals surface area contributed by atoms with Gasteiger partial charge in [0.05, 0.1) is 11.1 Å². The van der Waals surface area contributed by atoms with Gasteiger partial charge in [-0.05, 0) is 116 Å². The number of hydrogen-bond acceptors (Lipinski definition) is 2. The number of anilines is 2. The minimum Gasteiger partial charge on any atom is -0.456 e. The van der Waals surface area contributed by atoms with E-state index in [-0.39, 0.29) is 10.8 Å². The van der Waals surface area contributed by atoms with Gasteiger partial charge in [0, 0.05) is 39.9 Å². The smallest absolute Gasteiger partial charge is 0.137 e. The second-order valence-electron chi connectivity index (χ2n) is 17.1. The van der Waals surface area contributed by atoms with Crippen LogP contribution < -0.4 is 4.90 Å². The van der Waals surface area contributed by atoms with Crippen LogP contribution in [0.5, 0.6) is 0 Å². The van der Waals surface area contributed by atoms with Crippen LogP contribution in [0.3, 0.4) is 0 Å². The van der Waals surface area contributed by atoms with E-state index in [1.807, 2.05) is 0 Å². The molecule has 6 aromatic rings. The fourth-order valence-electron chi connectivity index (χ4n) is 10.3. The summed E-state index contributed by atoms with van der Waals surface area (Å²) >= 11 is 0. The molecular weight excluding hydrogens is 679 g/mol. The minimum absolute atomic E-state index is 0.0141. The number of allylic oxidation sites excluding steroid dienone is 15. The Hall–Kier alpha value is -6.12. The molecule has 0 bridgehead atoms. The van der Waals surface area contributed by atoms with Crippen molar-refractivity contribution in [3.05, 3.63) is 208 Å². The van der Waals surface area contributed by atoms with E-state index in [0.717, 1.165) is 52.6 Å². The standard InChI is InChI=1S/C54H45NO/c1-53(2)45-20-7-5-6-17-41(45)43-29-26-37(31-47(43)53)34-24-27-38(28-25-34)55(39-16-12-19-42-40-18-10-11-21-46(40)54(3,4)48(42)33-39)49-22-13-23-50-52(49)44-30-35-14-8-9-15-36(35)32-51(44)56-50/h6-15,17-25,27-33,37H,5,16,26H2,1-4H3. The highest BCUT2D eigenvalue weighted by molar-refractivity contribution is 6.16. The fourth-order valence-corrected chi connectivity index (χ4v) is 10.3. The summed E-state index contributed by atoms with van der Waals surface area (Å²) in [5.74, 6) is 0.326. The molecule has 56 heavy (non-hydrogen) atoms. The molecule has 1 atom stereocenters. The number of nitrogens with zero attached hydrogens (tertiary/aromatic N) is 1. The van der Waals surface area contributed by atoms with Crippen LogP contribution in [-0.2, 0) is 5.41 Å². The summed E-state index contributed by atoms with van der Waals surface area (Å²) in [7, 11) is 0. The molecule has 0 spiro atoms. The van der Waals surface area contributed by atoms with Crippen molar-refractivity contribution in [3.8, 4) is 0 Å². The minimum atomic E-state index is -0.123. The van der Waals surface area contributed by atoms with Crippen LogP contribution in [0.15, 0.2) is 196 Å². The average Bonchev–Trinajstić information content (AvgIpc) is 3.51. The molecule has 0 amide bonds. The van der Waals surface area contributed by atoms with Crippen LogP contribution in [0.2, 0.25) is 0 Å². The first-order chi connectivity index (χ1) is 27.3. The van der Waals surface area contributed by atoms with E-state index in [2.05, 4.69) is 190 Å². The zero-order valence-corrected chi connectivity index (χ0v) is 32.6. The molecule has 0 N–H and O–H groups in total. The Morgan fingerprint density at radius 1 is 0.679 bits per heavy atom. The predicted octanol–water partition coefficient (Wildman–Crippen LogP) is 14.7. The van der Waals surface area contributed by atoms with Crippen molar-refractivity contribution in [3.63, 3.8) is 0 Å². The fraction of sp³-hybridized carbons (Fsp3) is 0.185. The van der Waals surface area contributed by atoms with Crippen LogP contribution in [0.25, 0.3) is 38.3 Å². The highest BCUT2D eigenvalue weighted by Gasteiger charge is 2.41. The maximum absolute atomic E-state index is 6.64. The summed E-state index contributed by atoms with van der Waals surface area (Å²) < 4.78 is 6.64. The molecule has 0 saturated carbocycles. The van der Waals surface area contributed by atoms with Crippen LogP contribution >= 0.6 is 0 Å². The van der Waals surface area contributed by atoms with Crippen molar-refractivity contribution in [1.82, 2.24) is 0 Å². The predicted molar refractivity (Wildman–Crippen MR) is 235 cm³/mol. The van der Waals surface area contributed by atoms with Crippen LogP contribution in [0.4, 0.5) is 11.4 Å². The highest BCUT2D eigenvalue weighted by atomic mass is 16.3. The van der Waals surface area contributed by atoms with Gasteiger partial charge in [0.15, 0.2) is 0 Å². The van der Waals surface area contributed by atoms with E-state index in [1.54, 1.807) is 0 Å². The normalized spacial score (nSPS) is 20.4. The van der Waals surface area contributed by atoms with Crippen molar-refractivity contribution < 1.29 is 4.42 Å². The summed E-state index contributed by atoms with van der Waals surface area (Å²) in [5.41, 5.74) is 17.7. The molecule has 1 heterocycles. The Morgan fingerprint density at radius 2 is 1.45 bits per heavy atom. The van der Waals surface area contributed by atoms with E-state index in [4.69, 9.17) is 4.42 Å². The zero-order valence-electron chi connectivity index (χ0n) is 32.6. The van der Waals surface area contributed by atoms with Gasteiger partial charge < -0.3 is 9.32 Å². The van der Waals surface area contributed by atoms with Crippen LogP contribution in [0, 0.1) is 5.41 Å². The topological polar surface area (TPSA) is 16.4 Å². The second kappa shape index (κ2) is 12.2. The molecule has 2 nitrogen and oxygen atoms in total. The molecule has 11 rings (SSSR count). The maximum atomic E-state index is 6.64. The molecule has 0 fully saturated rings. The van der Waals surface area contributed by atoms with Crippen LogP contribution in [-0.4, -0.2) is 0 Å². The molecule has 0 aliphatic heterocycles. The molecule has 1 unspecified atom stereocenters. The molecule has 5 aromatic carbocycles. The monoisotopic (exact) mass is 723 g/mol. The summed E-state index contributed by atoms with van der Waals surface area (Å²) in [6.45, 7) is 9.54. The number of furan rings is 1. The molecule has 0 saturated heterocycles. The molecule has 0 radical (unpaired) electrons. The number of rotatable bonds is 4. The molecule has 272 valence electrons. The summed E-state index contributed by atoms with van der Waals surface area (Å²) in [5, 5.41) is 4.69. The quantitative estimate of drug-likeness (QED) is 0.180. The Bertz CT molecular complexity index is 2920. The van der Waals surface area contributed by atoms with Gasteiger partial charge in [-0.1, -0.05) is 143 Å². The van der Waals surface area contributed by atoms with Crippen molar-refractivity contribution in [2.24, 2.45) is 5.41 Å². The Balaban J connectivity index is 1.06. The van der Waals surface area contributed by atoms with Gasteiger partial charge in [-0.3, -0.25) is 0 Å². The molecular formula is C54H45NO. The first kappa shape index (κ1) is 33.2. The van der Waals surface area contributed by atoms with E-state index < -0.39 is 0 Å². The Labute approximate surface area is 329 Å². The first-order valence-electron chi connectivity index (χ1n) is 20.2. The van der Waals surface area contributed by atoms with Gasteiger partial charge in [0.1, 0.15) is 11.2 Å². The van der Waals surface area contributed by atoms with Crippen LogP contribution in [0.1, 0.15) is 69.6 Å². The van der Waals surface area contributed by atoms with Gasteiger partial charge in [-0.25, -0.2) is 0 Å². The van der Waals surface area contributed by atoms with Crippen molar-refractivity contribution in [2.45, 2.75) is 58.3 Å². The molecule has 2 heteroatoms. The van der Waals surface area contributed by atoms with Gasteiger partial charge in [0.2, 0.25) is 0 Å². The molecule has 5 aliphatic rings. The third-order valence-corrected chi connectivity index (χ3v) is 13.2. The number of hydrogen-bond donors (Lipinski definition) is 0. The van der Waals surface area contributed by atoms with Crippen molar-refractivity contribution in [1.29, 1.82) is 0 Å². The number of fused-ring (bicyclic) bond motifs is 8.